The van der Waals surface area contributed by atoms with E-state index in [0.717, 1.165) is 4.88 Å². The van der Waals surface area contributed by atoms with Crippen LogP contribution in [0.1, 0.15) is 23.6 Å². The third kappa shape index (κ3) is 2.87. The van der Waals surface area contributed by atoms with Crippen molar-refractivity contribution in [1.82, 2.24) is 10.2 Å². The number of amides is 2. The molecule has 0 bridgehead atoms. The second-order valence-corrected chi connectivity index (χ2v) is 6.41. The maximum absolute atomic E-state index is 12.2. The molecule has 5 heteroatoms. The fourth-order valence-corrected chi connectivity index (χ4v) is 2.85. The van der Waals surface area contributed by atoms with Crippen LogP contribution in [0.25, 0.3) is 6.08 Å². The third-order valence-electron chi connectivity index (χ3n) is 3.27. The standard InChI is InChI=1S/C14H18N2O2S/c1-10-4-5-11(19-10)6-7-12(17)16-9-8-15-13(18)14(16,2)3/h4-7H,8-9H2,1-3H3,(H,15,18). The lowest BCUT2D eigenvalue weighted by Crippen LogP contribution is -2.63. The smallest absolute Gasteiger partial charge is 0.247 e. The van der Waals surface area contributed by atoms with Crippen LogP contribution in [-0.2, 0) is 9.59 Å². The second-order valence-electron chi connectivity index (χ2n) is 5.09. The lowest BCUT2D eigenvalue weighted by Gasteiger charge is -2.40. The minimum atomic E-state index is -0.787. The highest BCUT2D eigenvalue weighted by atomic mass is 32.1. The van der Waals surface area contributed by atoms with Crippen molar-refractivity contribution in [2.24, 2.45) is 0 Å². The van der Waals surface area contributed by atoms with Crippen molar-refractivity contribution in [2.75, 3.05) is 13.1 Å². The number of thiophene rings is 1. The molecule has 0 aromatic carbocycles. The van der Waals surface area contributed by atoms with Gasteiger partial charge >= 0.3 is 0 Å². The minimum Gasteiger partial charge on any atom is -0.352 e. The predicted octanol–water partition coefficient (Wildman–Crippen LogP) is 1.81. The van der Waals surface area contributed by atoms with E-state index >= 15 is 0 Å². The first kappa shape index (κ1) is 13.8. The van der Waals surface area contributed by atoms with Crippen molar-refractivity contribution >= 4 is 29.2 Å². The monoisotopic (exact) mass is 278 g/mol. The summed E-state index contributed by atoms with van der Waals surface area (Å²) in [6.07, 6.45) is 3.36. The summed E-state index contributed by atoms with van der Waals surface area (Å²) in [7, 11) is 0. The summed E-state index contributed by atoms with van der Waals surface area (Å²) in [6, 6.07) is 4.00. The van der Waals surface area contributed by atoms with Gasteiger partial charge in [-0.3, -0.25) is 9.59 Å². The largest absolute Gasteiger partial charge is 0.352 e. The van der Waals surface area contributed by atoms with Gasteiger partial charge in [-0.15, -0.1) is 11.3 Å². The van der Waals surface area contributed by atoms with Gasteiger partial charge in [0, 0.05) is 28.9 Å². The normalized spacial score (nSPS) is 18.7. The van der Waals surface area contributed by atoms with E-state index < -0.39 is 5.54 Å². The second kappa shape index (κ2) is 5.17. The van der Waals surface area contributed by atoms with E-state index in [9.17, 15) is 9.59 Å². The molecule has 1 N–H and O–H groups in total. The molecular formula is C14H18N2O2S. The Morgan fingerprint density at radius 3 is 2.84 bits per heavy atom. The highest BCUT2D eigenvalue weighted by Gasteiger charge is 2.39. The van der Waals surface area contributed by atoms with Crippen molar-refractivity contribution < 1.29 is 9.59 Å². The molecule has 2 heterocycles. The van der Waals surface area contributed by atoms with Gasteiger partial charge in [0.25, 0.3) is 0 Å². The van der Waals surface area contributed by atoms with Crippen molar-refractivity contribution in [3.8, 4) is 0 Å². The number of hydrogen-bond donors (Lipinski definition) is 1. The van der Waals surface area contributed by atoms with Crippen molar-refractivity contribution in [3.05, 3.63) is 28.0 Å². The lowest BCUT2D eigenvalue weighted by molar-refractivity contribution is -0.146. The van der Waals surface area contributed by atoms with Crippen molar-refractivity contribution in [3.63, 3.8) is 0 Å². The number of piperazine rings is 1. The molecule has 1 aromatic rings. The number of hydrogen-bond acceptors (Lipinski definition) is 3. The number of carbonyl (C=O) groups excluding carboxylic acids is 2. The first-order valence-corrected chi connectivity index (χ1v) is 7.07. The zero-order valence-corrected chi connectivity index (χ0v) is 12.2. The maximum atomic E-state index is 12.2. The Morgan fingerprint density at radius 2 is 2.21 bits per heavy atom. The topological polar surface area (TPSA) is 49.4 Å². The van der Waals surface area contributed by atoms with E-state index in [1.165, 1.54) is 4.88 Å². The molecule has 4 nitrogen and oxygen atoms in total. The van der Waals surface area contributed by atoms with Crippen LogP contribution in [-0.4, -0.2) is 35.3 Å². The summed E-state index contributed by atoms with van der Waals surface area (Å²) in [5, 5.41) is 2.78. The van der Waals surface area contributed by atoms with Crippen LogP contribution in [0.5, 0.6) is 0 Å². The van der Waals surface area contributed by atoms with Gasteiger partial charge in [-0.1, -0.05) is 0 Å². The molecule has 0 spiro atoms. The minimum absolute atomic E-state index is 0.104. The lowest BCUT2D eigenvalue weighted by atomic mass is 9.99. The van der Waals surface area contributed by atoms with Crippen LogP contribution < -0.4 is 5.32 Å². The van der Waals surface area contributed by atoms with Crippen LogP contribution >= 0.6 is 11.3 Å². The van der Waals surface area contributed by atoms with E-state index in [-0.39, 0.29) is 11.8 Å². The molecule has 2 amide bonds. The van der Waals surface area contributed by atoms with E-state index in [2.05, 4.69) is 5.32 Å². The maximum Gasteiger partial charge on any atom is 0.247 e. The number of carbonyl (C=O) groups is 2. The Hall–Kier alpha value is -1.62. The van der Waals surface area contributed by atoms with E-state index in [0.29, 0.717) is 13.1 Å². The van der Waals surface area contributed by atoms with Gasteiger partial charge in [-0.05, 0) is 39.0 Å². The van der Waals surface area contributed by atoms with Crippen LogP contribution in [0.4, 0.5) is 0 Å². The Bertz CT molecular complexity index is 531. The summed E-state index contributed by atoms with van der Waals surface area (Å²) in [5.74, 6) is -0.224. The molecule has 1 saturated heterocycles. The van der Waals surface area contributed by atoms with Gasteiger partial charge in [0.2, 0.25) is 11.8 Å². The summed E-state index contributed by atoms with van der Waals surface area (Å²) in [5.41, 5.74) is -0.787. The predicted molar refractivity (Wildman–Crippen MR) is 76.9 cm³/mol. The van der Waals surface area contributed by atoms with Crippen LogP contribution in [0.2, 0.25) is 0 Å². The van der Waals surface area contributed by atoms with Gasteiger partial charge in [0.1, 0.15) is 5.54 Å². The summed E-state index contributed by atoms with van der Waals surface area (Å²) in [6.45, 7) is 6.62. The van der Waals surface area contributed by atoms with E-state index in [4.69, 9.17) is 0 Å². The highest BCUT2D eigenvalue weighted by Crippen LogP contribution is 2.20. The van der Waals surface area contributed by atoms with Crippen molar-refractivity contribution in [1.29, 1.82) is 0 Å². The molecule has 0 atom stereocenters. The fraction of sp³-hybridized carbons (Fsp3) is 0.429. The van der Waals surface area contributed by atoms with Crippen LogP contribution in [0.3, 0.4) is 0 Å². The average molecular weight is 278 g/mol. The van der Waals surface area contributed by atoms with Crippen LogP contribution in [0, 0.1) is 6.92 Å². The summed E-state index contributed by atoms with van der Waals surface area (Å²) < 4.78 is 0. The molecular weight excluding hydrogens is 260 g/mol. The Balaban J connectivity index is 2.11. The molecule has 19 heavy (non-hydrogen) atoms. The van der Waals surface area contributed by atoms with Gasteiger partial charge in [0.05, 0.1) is 0 Å². The molecule has 1 aliphatic rings. The SMILES string of the molecule is Cc1ccc(C=CC(=O)N2CCNC(=O)C2(C)C)s1. The van der Waals surface area contributed by atoms with Gasteiger partial charge in [-0.2, -0.15) is 0 Å². The highest BCUT2D eigenvalue weighted by molar-refractivity contribution is 7.12. The molecule has 2 rings (SSSR count). The van der Waals surface area contributed by atoms with Gasteiger partial charge in [0.15, 0.2) is 0 Å². The molecule has 1 aromatic heterocycles. The third-order valence-corrected chi connectivity index (χ3v) is 4.23. The number of aryl methyl sites for hydroxylation is 1. The number of nitrogens with zero attached hydrogens (tertiary/aromatic N) is 1. The quantitative estimate of drug-likeness (QED) is 0.839. The number of rotatable bonds is 2. The van der Waals surface area contributed by atoms with Gasteiger partial charge in [-0.25, -0.2) is 0 Å². The Kier molecular flexibility index (Phi) is 3.75. The summed E-state index contributed by atoms with van der Waals surface area (Å²) in [4.78, 5) is 27.9. The zero-order chi connectivity index (χ0) is 14.0. The molecule has 102 valence electrons. The number of nitrogens with one attached hydrogen (secondary N) is 1. The first-order chi connectivity index (χ1) is 8.91. The molecule has 0 unspecified atom stereocenters. The molecule has 1 aliphatic heterocycles. The Morgan fingerprint density at radius 1 is 1.47 bits per heavy atom. The summed E-state index contributed by atoms with van der Waals surface area (Å²) >= 11 is 1.64. The first-order valence-electron chi connectivity index (χ1n) is 6.25. The van der Waals surface area contributed by atoms with E-state index in [1.807, 2.05) is 25.1 Å². The Labute approximate surface area is 117 Å². The molecule has 0 radical (unpaired) electrons. The molecule has 0 aliphatic carbocycles. The molecule has 1 fully saturated rings. The average Bonchev–Trinajstić information content (AvgIpc) is 2.75. The fourth-order valence-electron chi connectivity index (χ4n) is 2.07. The molecule has 0 saturated carbocycles. The van der Waals surface area contributed by atoms with Gasteiger partial charge < -0.3 is 10.2 Å². The van der Waals surface area contributed by atoms with Crippen molar-refractivity contribution in [2.45, 2.75) is 26.3 Å². The zero-order valence-electron chi connectivity index (χ0n) is 11.4. The van der Waals surface area contributed by atoms with Crippen LogP contribution in [0.15, 0.2) is 18.2 Å². The van der Waals surface area contributed by atoms with E-state index in [1.54, 1.807) is 36.2 Å².